The minimum Gasteiger partial charge on any atom is -0.348 e. The molecule has 2 amide bonds. The lowest BCUT2D eigenvalue weighted by atomic mass is 9.66. The number of nitrogens with zero attached hydrogens (tertiary/aromatic N) is 2. The molecule has 1 fully saturated rings. The molecule has 0 aliphatic carbocycles. The monoisotopic (exact) mass is 597 g/mol. The number of sulfonamides is 1. The predicted molar refractivity (Wildman–Crippen MR) is 157 cm³/mol. The molecule has 2 heterocycles. The molecule has 0 radical (unpaired) electrons. The molecular weight excluding hydrogens is 565 g/mol. The van der Waals surface area contributed by atoms with Crippen LogP contribution in [-0.2, 0) is 26.8 Å². The molecule has 1 atom stereocenters. The lowest BCUT2D eigenvalue weighted by Crippen LogP contribution is -2.55. The lowest BCUT2D eigenvalue weighted by molar-refractivity contribution is -0.130. The van der Waals surface area contributed by atoms with Gasteiger partial charge in [-0.25, -0.2) is 12.8 Å². The number of carbonyl (C=O) groups excluding carboxylic acids is 2. The number of rotatable bonds is 6. The van der Waals surface area contributed by atoms with Gasteiger partial charge in [0.15, 0.2) is 0 Å². The maximum atomic E-state index is 14.2. The van der Waals surface area contributed by atoms with E-state index in [4.69, 9.17) is 11.6 Å². The zero-order valence-corrected chi connectivity index (χ0v) is 24.8. The molecular formula is C31H33ClFN3O4S. The standard InChI is InChI=1S/C31H33ClFN3O4S/c1-20(2)29-31(14-16-35(17-15-31)21(3)37)26-18-22(30(38)34-19-23-6-4-5-7-27(23)32)8-13-28(26)36(29)41(39,40)25-11-9-24(33)10-12-25/h4-13,18,20,29H,14-17,19H2,1-3H3,(H,34,38). The SMILES string of the molecule is CC(=O)N1CCC2(CC1)c1cc(C(=O)NCc3ccccc3Cl)ccc1N(S(=O)(=O)c1ccc(F)cc1)C2C(C)C. The molecule has 0 aromatic heterocycles. The van der Waals surface area contributed by atoms with Crippen LogP contribution < -0.4 is 9.62 Å². The van der Waals surface area contributed by atoms with E-state index in [0.717, 1.165) is 23.3 Å². The summed E-state index contributed by atoms with van der Waals surface area (Å²) in [5.74, 6) is -0.946. The third kappa shape index (κ3) is 5.21. The Morgan fingerprint density at radius 2 is 1.71 bits per heavy atom. The molecule has 2 aliphatic rings. The van der Waals surface area contributed by atoms with E-state index in [1.807, 2.05) is 32.0 Å². The lowest BCUT2D eigenvalue weighted by Gasteiger charge is -2.46. The van der Waals surface area contributed by atoms with Crippen molar-refractivity contribution in [2.24, 2.45) is 5.92 Å². The van der Waals surface area contributed by atoms with Crippen LogP contribution in [0.2, 0.25) is 5.02 Å². The minimum absolute atomic E-state index is 0.00437. The van der Waals surface area contributed by atoms with E-state index in [9.17, 15) is 22.4 Å². The zero-order chi connectivity index (χ0) is 29.5. The highest BCUT2D eigenvalue weighted by Crippen LogP contribution is 2.55. The number of halogens is 2. The first-order valence-electron chi connectivity index (χ1n) is 13.7. The molecule has 5 rings (SSSR count). The second-order valence-electron chi connectivity index (χ2n) is 11.1. The third-order valence-corrected chi connectivity index (χ3v) is 10.5. The Morgan fingerprint density at radius 1 is 1.05 bits per heavy atom. The number of amides is 2. The molecule has 41 heavy (non-hydrogen) atoms. The molecule has 0 saturated carbocycles. The predicted octanol–water partition coefficient (Wildman–Crippen LogP) is 5.52. The van der Waals surface area contributed by atoms with Gasteiger partial charge in [0, 0.05) is 42.6 Å². The summed E-state index contributed by atoms with van der Waals surface area (Å²) in [5.41, 5.74) is 1.85. The second kappa shape index (κ2) is 11.1. The van der Waals surface area contributed by atoms with Crippen molar-refractivity contribution in [1.29, 1.82) is 0 Å². The molecule has 10 heteroatoms. The van der Waals surface area contributed by atoms with Crippen LogP contribution in [0.5, 0.6) is 0 Å². The molecule has 216 valence electrons. The Labute approximate surface area is 245 Å². The van der Waals surface area contributed by atoms with Crippen LogP contribution >= 0.6 is 11.6 Å². The molecule has 1 N–H and O–H groups in total. The van der Waals surface area contributed by atoms with Gasteiger partial charge in [0.2, 0.25) is 5.91 Å². The second-order valence-corrected chi connectivity index (χ2v) is 13.3. The summed E-state index contributed by atoms with van der Waals surface area (Å²) in [5, 5.41) is 3.48. The van der Waals surface area contributed by atoms with Crippen molar-refractivity contribution in [3.63, 3.8) is 0 Å². The van der Waals surface area contributed by atoms with Gasteiger partial charge in [0.25, 0.3) is 15.9 Å². The van der Waals surface area contributed by atoms with Crippen molar-refractivity contribution in [3.8, 4) is 0 Å². The molecule has 1 spiro atoms. The Hall–Kier alpha value is -3.43. The normalized spacial score (nSPS) is 18.0. The minimum atomic E-state index is -4.08. The fourth-order valence-corrected chi connectivity index (χ4v) is 8.49. The average Bonchev–Trinajstić information content (AvgIpc) is 3.23. The van der Waals surface area contributed by atoms with Gasteiger partial charge in [0.05, 0.1) is 16.6 Å². The number of nitrogens with one attached hydrogen (secondary N) is 1. The van der Waals surface area contributed by atoms with Crippen molar-refractivity contribution < 1.29 is 22.4 Å². The maximum Gasteiger partial charge on any atom is 0.264 e. The van der Waals surface area contributed by atoms with Crippen LogP contribution in [0.15, 0.2) is 71.6 Å². The first kappa shape index (κ1) is 29.1. The smallest absolute Gasteiger partial charge is 0.264 e. The first-order valence-corrected chi connectivity index (χ1v) is 15.5. The highest BCUT2D eigenvalue weighted by atomic mass is 35.5. The van der Waals surface area contributed by atoms with Gasteiger partial charge in [0.1, 0.15) is 5.82 Å². The summed E-state index contributed by atoms with van der Waals surface area (Å²) < 4.78 is 43.5. The van der Waals surface area contributed by atoms with Crippen molar-refractivity contribution in [3.05, 3.63) is 94.3 Å². The number of carbonyl (C=O) groups is 2. The van der Waals surface area contributed by atoms with Gasteiger partial charge in [-0.05, 0) is 78.4 Å². The number of hydrogen-bond acceptors (Lipinski definition) is 4. The van der Waals surface area contributed by atoms with Gasteiger partial charge in [-0.1, -0.05) is 43.6 Å². The number of likely N-dealkylation sites (tertiary alicyclic amines) is 1. The molecule has 3 aromatic carbocycles. The summed E-state index contributed by atoms with van der Waals surface area (Å²) in [6.45, 7) is 6.71. The number of anilines is 1. The van der Waals surface area contributed by atoms with E-state index in [0.29, 0.717) is 42.2 Å². The van der Waals surface area contributed by atoms with Crippen LogP contribution in [0.4, 0.5) is 10.1 Å². The first-order chi connectivity index (χ1) is 19.5. The van der Waals surface area contributed by atoms with Crippen molar-refractivity contribution in [1.82, 2.24) is 10.2 Å². The Balaban J connectivity index is 1.59. The van der Waals surface area contributed by atoms with Gasteiger partial charge >= 0.3 is 0 Å². The third-order valence-electron chi connectivity index (χ3n) is 8.35. The van der Waals surface area contributed by atoms with Crippen molar-refractivity contribution in [2.45, 2.75) is 56.5 Å². The van der Waals surface area contributed by atoms with E-state index in [2.05, 4.69) is 5.32 Å². The molecule has 0 bridgehead atoms. The van der Waals surface area contributed by atoms with Crippen LogP contribution in [0.3, 0.4) is 0 Å². The zero-order valence-electron chi connectivity index (χ0n) is 23.2. The number of benzene rings is 3. The van der Waals surface area contributed by atoms with E-state index < -0.39 is 27.3 Å². The summed E-state index contributed by atoms with van der Waals surface area (Å²) >= 11 is 6.26. The van der Waals surface area contributed by atoms with Crippen LogP contribution in [-0.4, -0.2) is 44.3 Å². The highest BCUT2D eigenvalue weighted by molar-refractivity contribution is 7.92. The molecule has 3 aromatic rings. The molecule has 1 saturated heterocycles. The summed E-state index contributed by atoms with van der Waals surface area (Å²) in [7, 11) is -4.08. The van der Waals surface area contributed by atoms with Gasteiger partial charge < -0.3 is 10.2 Å². The van der Waals surface area contributed by atoms with Gasteiger partial charge in [-0.3, -0.25) is 13.9 Å². The fraction of sp³-hybridized carbons (Fsp3) is 0.355. The van der Waals surface area contributed by atoms with Gasteiger partial charge in [-0.2, -0.15) is 0 Å². The topological polar surface area (TPSA) is 86.8 Å². The van der Waals surface area contributed by atoms with E-state index in [1.165, 1.54) is 23.4 Å². The van der Waals surface area contributed by atoms with Crippen molar-refractivity contribution >= 4 is 39.1 Å². The summed E-state index contributed by atoms with van der Waals surface area (Å²) in [6.07, 6.45) is 1.09. The highest BCUT2D eigenvalue weighted by Gasteiger charge is 2.56. The quantitative estimate of drug-likeness (QED) is 0.405. The Kier molecular flexibility index (Phi) is 7.87. The number of piperidine rings is 1. The maximum absolute atomic E-state index is 14.2. The molecule has 7 nitrogen and oxygen atoms in total. The number of fused-ring (bicyclic) bond motifs is 2. The van der Waals surface area contributed by atoms with E-state index >= 15 is 0 Å². The van der Waals surface area contributed by atoms with E-state index in [-0.39, 0.29) is 29.2 Å². The molecule has 2 aliphatic heterocycles. The van der Waals surface area contributed by atoms with Crippen LogP contribution in [0.1, 0.15) is 55.1 Å². The van der Waals surface area contributed by atoms with Crippen LogP contribution in [0, 0.1) is 11.7 Å². The summed E-state index contributed by atoms with van der Waals surface area (Å²) in [6, 6.07) is 16.8. The Morgan fingerprint density at radius 3 is 2.32 bits per heavy atom. The fourth-order valence-electron chi connectivity index (χ4n) is 6.41. The number of hydrogen-bond donors (Lipinski definition) is 1. The largest absolute Gasteiger partial charge is 0.348 e. The van der Waals surface area contributed by atoms with Gasteiger partial charge in [-0.15, -0.1) is 0 Å². The van der Waals surface area contributed by atoms with Crippen molar-refractivity contribution in [2.75, 3.05) is 17.4 Å². The van der Waals surface area contributed by atoms with E-state index in [1.54, 1.807) is 29.2 Å². The Bertz CT molecular complexity index is 1590. The molecule has 1 unspecified atom stereocenters. The average molecular weight is 598 g/mol. The van der Waals surface area contributed by atoms with Crippen LogP contribution in [0.25, 0.3) is 0 Å². The summed E-state index contributed by atoms with van der Waals surface area (Å²) in [4.78, 5) is 27.3.